The molecular formula is C8H11ClO5S. The molecule has 0 N–H and O–H groups in total. The Morgan fingerprint density at radius 1 is 1.53 bits per heavy atom. The lowest BCUT2D eigenvalue weighted by Crippen LogP contribution is -2.16. The van der Waals surface area contributed by atoms with E-state index in [-0.39, 0.29) is 18.1 Å². The number of halogens is 1. The summed E-state index contributed by atoms with van der Waals surface area (Å²) in [6.45, 7) is 1.66. The van der Waals surface area contributed by atoms with Crippen molar-refractivity contribution in [1.82, 2.24) is 0 Å². The van der Waals surface area contributed by atoms with Gasteiger partial charge < -0.3 is 4.74 Å². The van der Waals surface area contributed by atoms with Gasteiger partial charge in [-0.25, -0.2) is 8.42 Å². The number of hydrogen-bond donors (Lipinski definition) is 0. The molecule has 2 unspecified atom stereocenters. The number of carbonyl (C=O) groups is 2. The standard InChI is InChI=1S/C8H11ClO5S/c1-5(4-15(9,12)13)2-6-3-7(10)14-8(6)11/h5-6H,2-4H2,1H3. The molecule has 0 aliphatic carbocycles. The minimum Gasteiger partial charge on any atom is -0.393 e. The van der Waals surface area contributed by atoms with E-state index >= 15 is 0 Å². The fraction of sp³-hybridized carbons (Fsp3) is 0.750. The maximum atomic E-state index is 11.1. The number of carbonyl (C=O) groups excluding carboxylic acids is 2. The zero-order valence-electron chi connectivity index (χ0n) is 8.10. The Bertz CT molecular complexity index is 374. The first kappa shape index (κ1) is 12.4. The summed E-state index contributed by atoms with van der Waals surface area (Å²) < 4.78 is 25.8. The topological polar surface area (TPSA) is 77.5 Å². The van der Waals surface area contributed by atoms with Crippen molar-refractivity contribution in [2.24, 2.45) is 11.8 Å². The Morgan fingerprint density at radius 2 is 2.13 bits per heavy atom. The van der Waals surface area contributed by atoms with Crippen LogP contribution in [0.3, 0.4) is 0 Å². The van der Waals surface area contributed by atoms with Gasteiger partial charge in [-0.2, -0.15) is 0 Å². The highest BCUT2D eigenvalue weighted by atomic mass is 35.7. The van der Waals surface area contributed by atoms with Crippen molar-refractivity contribution in [3.8, 4) is 0 Å². The van der Waals surface area contributed by atoms with Gasteiger partial charge >= 0.3 is 11.9 Å². The van der Waals surface area contributed by atoms with Crippen molar-refractivity contribution in [2.45, 2.75) is 19.8 Å². The van der Waals surface area contributed by atoms with E-state index in [0.717, 1.165) is 0 Å². The van der Waals surface area contributed by atoms with E-state index in [1.807, 2.05) is 0 Å². The highest BCUT2D eigenvalue weighted by Gasteiger charge is 2.34. The number of esters is 2. The summed E-state index contributed by atoms with van der Waals surface area (Å²) >= 11 is 0. The first-order chi connectivity index (χ1) is 6.78. The van der Waals surface area contributed by atoms with Crippen LogP contribution in [0, 0.1) is 11.8 Å². The zero-order chi connectivity index (χ0) is 11.6. The van der Waals surface area contributed by atoms with Crippen molar-refractivity contribution >= 4 is 31.7 Å². The van der Waals surface area contributed by atoms with Gasteiger partial charge in [0.1, 0.15) is 0 Å². The molecular weight excluding hydrogens is 244 g/mol. The maximum Gasteiger partial charge on any atom is 0.317 e. The Hall–Kier alpha value is -0.620. The van der Waals surface area contributed by atoms with Gasteiger partial charge in [0, 0.05) is 10.7 Å². The SMILES string of the molecule is CC(CC1CC(=O)OC1=O)CS(=O)(=O)Cl. The van der Waals surface area contributed by atoms with Crippen LogP contribution in [-0.4, -0.2) is 26.1 Å². The minimum absolute atomic E-state index is 0.0332. The van der Waals surface area contributed by atoms with E-state index in [0.29, 0.717) is 6.42 Å². The lowest BCUT2D eigenvalue weighted by atomic mass is 9.96. The number of rotatable bonds is 4. The van der Waals surface area contributed by atoms with Crippen LogP contribution in [-0.2, 0) is 23.4 Å². The van der Waals surface area contributed by atoms with Crippen LogP contribution in [0.1, 0.15) is 19.8 Å². The van der Waals surface area contributed by atoms with Crippen molar-refractivity contribution in [1.29, 1.82) is 0 Å². The van der Waals surface area contributed by atoms with Gasteiger partial charge in [0.2, 0.25) is 9.05 Å². The fourth-order valence-corrected chi connectivity index (χ4v) is 3.06. The zero-order valence-corrected chi connectivity index (χ0v) is 9.68. The summed E-state index contributed by atoms with van der Waals surface area (Å²) in [6, 6.07) is 0. The molecule has 0 aromatic heterocycles. The van der Waals surface area contributed by atoms with E-state index < -0.39 is 26.9 Å². The van der Waals surface area contributed by atoms with Crippen LogP contribution < -0.4 is 0 Å². The van der Waals surface area contributed by atoms with Crippen molar-refractivity contribution < 1.29 is 22.7 Å². The molecule has 2 atom stereocenters. The quantitative estimate of drug-likeness (QED) is 0.419. The second kappa shape index (κ2) is 4.49. The fourth-order valence-electron chi connectivity index (χ4n) is 1.59. The molecule has 0 spiro atoms. The third-order valence-corrected chi connectivity index (χ3v) is 3.48. The Morgan fingerprint density at radius 3 is 2.53 bits per heavy atom. The van der Waals surface area contributed by atoms with Gasteiger partial charge in [-0.15, -0.1) is 0 Å². The van der Waals surface area contributed by atoms with Crippen LogP contribution in [0.5, 0.6) is 0 Å². The van der Waals surface area contributed by atoms with Gasteiger partial charge in [-0.3, -0.25) is 9.59 Å². The lowest BCUT2D eigenvalue weighted by Gasteiger charge is -2.10. The van der Waals surface area contributed by atoms with E-state index in [4.69, 9.17) is 10.7 Å². The molecule has 86 valence electrons. The molecule has 1 saturated heterocycles. The predicted molar refractivity (Wildman–Crippen MR) is 52.6 cm³/mol. The van der Waals surface area contributed by atoms with Crippen LogP contribution in [0.4, 0.5) is 0 Å². The summed E-state index contributed by atoms with van der Waals surface area (Å²) in [6.07, 6.45) is 0.335. The summed E-state index contributed by atoms with van der Waals surface area (Å²) in [5, 5.41) is 0. The third kappa shape index (κ3) is 4.17. The summed E-state index contributed by atoms with van der Waals surface area (Å²) in [4.78, 5) is 21.8. The van der Waals surface area contributed by atoms with E-state index in [1.165, 1.54) is 0 Å². The van der Waals surface area contributed by atoms with Gasteiger partial charge in [-0.1, -0.05) is 6.92 Å². The molecule has 5 nitrogen and oxygen atoms in total. The molecule has 7 heteroatoms. The highest BCUT2D eigenvalue weighted by molar-refractivity contribution is 8.13. The average Bonchev–Trinajstić information content (AvgIpc) is 2.25. The van der Waals surface area contributed by atoms with Crippen LogP contribution in [0.15, 0.2) is 0 Å². The van der Waals surface area contributed by atoms with Crippen molar-refractivity contribution in [3.05, 3.63) is 0 Å². The molecule has 0 radical (unpaired) electrons. The Balaban J connectivity index is 2.49. The lowest BCUT2D eigenvalue weighted by molar-refractivity contribution is -0.153. The van der Waals surface area contributed by atoms with Crippen molar-refractivity contribution in [3.63, 3.8) is 0 Å². The van der Waals surface area contributed by atoms with Crippen LogP contribution in [0.25, 0.3) is 0 Å². The molecule has 0 aromatic carbocycles. The second-order valence-electron chi connectivity index (χ2n) is 3.74. The Labute approximate surface area is 92.2 Å². The summed E-state index contributed by atoms with van der Waals surface area (Å²) in [5.41, 5.74) is 0. The Kier molecular flexibility index (Phi) is 3.72. The number of hydrogen-bond acceptors (Lipinski definition) is 5. The van der Waals surface area contributed by atoms with Gasteiger partial charge in [0.15, 0.2) is 0 Å². The second-order valence-corrected chi connectivity index (χ2v) is 6.56. The number of ether oxygens (including phenoxy) is 1. The van der Waals surface area contributed by atoms with E-state index in [9.17, 15) is 18.0 Å². The number of cyclic esters (lactones) is 2. The molecule has 1 rings (SSSR count). The monoisotopic (exact) mass is 254 g/mol. The molecule has 1 aliphatic heterocycles. The molecule has 1 heterocycles. The summed E-state index contributed by atoms with van der Waals surface area (Å²) in [5.74, 6) is -2.11. The molecule has 0 bridgehead atoms. The smallest absolute Gasteiger partial charge is 0.317 e. The third-order valence-electron chi connectivity index (χ3n) is 2.13. The van der Waals surface area contributed by atoms with Gasteiger partial charge in [0.05, 0.1) is 18.1 Å². The molecule has 0 amide bonds. The van der Waals surface area contributed by atoms with Crippen LogP contribution in [0.2, 0.25) is 0 Å². The van der Waals surface area contributed by atoms with E-state index in [2.05, 4.69) is 4.74 Å². The van der Waals surface area contributed by atoms with Gasteiger partial charge in [-0.05, 0) is 12.3 Å². The first-order valence-electron chi connectivity index (χ1n) is 4.45. The minimum atomic E-state index is -3.56. The summed E-state index contributed by atoms with van der Waals surface area (Å²) in [7, 11) is 1.51. The molecule has 1 aliphatic rings. The molecule has 1 fully saturated rings. The van der Waals surface area contributed by atoms with Crippen molar-refractivity contribution in [2.75, 3.05) is 5.75 Å². The van der Waals surface area contributed by atoms with Crippen LogP contribution >= 0.6 is 10.7 Å². The highest BCUT2D eigenvalue weighted by Crippen LogP contribution is 2.24. The van der Waals surface area contributed by atoms with E-state index in [1.54, 1.807) is 6.92 Å². The van der Waals surface area contributed by atoms with Gasteiger partial charge in [0.25, 0.3) is 0 Å². The first-order valence-corrected chi connectivity index (χ1v) is 6.92. The largest absolute Gasteiger partial charge is 0.393 e. The average molecular weight is 255 g/mol. The predicted octanol–water partition coefficient (Wildman–Crippen LogP) is 0.671. The maximum absolute atomic E-state index is 11.1. The molecule has 0 aromatic rings. The molecule has 15 heavy (non-hydrogen) atoms. The normalized spacial score (nSPS) is 24.0. The molecule has 0 saturated carbocycles.